The summed E-state index contributed by atoms with van der Waals surface area (Å²) < 4.78 is 0. The topological polar surface area (TPSA) is 71.1 Å². The van der Waals surface area contributed by atoms with Crippen LogP contribution in [0, 0.1) is 0 Å². The quantitative estimate of drug-likeness (QED) is 0.846. The van der Waals surface area contributed by atoms with Crippen LogP contribution in [0.2, 0.25) is 0 Å². The number of carbonyl (C=O) groups is 2. The van der Waals surface area contributed by atoms with E-state index in [1.54, 1.807) is 48.7 Å². The predicted molar refractivity (Wildman–Crippen MR) is 83.8 cm³/mol. The number of rotatable bonds is 4. The molecule has 1 aromatic heterocycles. The maximum Gasteiger partial charge on any atom is 0.241 e. The van der Waals surface area contributed by atoms with E-state index >= 15 is 0 Å². The lowest BCUT2D eigenvalue weighted by Crippen LogP contribution is -2.35. The number of benzene rings is 1. The molecule has 0 unspecified atom stereocenters. The lowest BCUT2D eigenvalue weighted by Gasteiger charge is -2.13. The van der Waals surface area contributed by atoms with Gasteiger partial charge in [-0.2, -0.15) is 0 Å². The number of anilines is 1. The van der Waals surface area contributed by atoms with Crippen molar-refractivity contribution in [3.8, 4) is 0 Å². The molecule has 1 fully saturated rings. The average molecular weight is 295 g/mol. The summed E-state index contributed by atoms with van der Waals surface area (Å²) in [5.41, 5.74) is 1.34. The van der Waals surface area contributed by atoms with Crippen LogP contribution in [0.1, 0.15) is 28.9 Å². The van der Waals surface area contributed by atoms with Crippen molar-refractivity contribution in [2.45, 2.75) is 18.9 Å². The van der Waals surface area contributed by atoms with Gasteiger partial charge in [-0.25, -0.2) is 0 Å². The minimum Gasteiger partial charge on any atom is -0.324 e. The number of amides is 1. The van der Waals surface area contributed by atoms with E-state index in [4.69, 9.17) is 0 Å². The Hall–Kier alpha value is -2.53. The van der Waals surface area contributed by atoms with Crippen LogP contribution in [0.4, 0.5) is 5.69 Å². The van der Waals surface area contributed by atoms with Gasteiger partial charge in [-0.1, -0.05) is 18.2 Å². The number of ketones is 1. The summed E-state index contributed by atoms with van der Waals surface area (Å²) >= 11 is 0. The molecule has 0 aliphatic carbocycles. The molecule has 2 N–H and O–H groups in total. The average Bonchev–Trinajstić information content (AvgIpc) is 3.10. The number of hydrogen-bond acceptors (Lipinski definition) is 4. The first-order valence-corrected chi connectivity index (χ1v) is 7.35. The molecule has 0 bridgehead atoms. The van der Waals surface area contributed by atoms with Gasteiger partial charge in [0.25, 0.3) is 0 Å². The second-order valence-electron chi connectivity index (χ2n) is 5.23. The van der Waals surface area contributed by atoms with Crippen LogP contribution in [-0.4, -0.2) is 29.3 Å². The number of nitrogens with one attached hydrogen (secondary N) is 2. The van der Waals surface area contributed by atoms with Gasteiger partial charge in [-0.05, 0) is 43.7 Å². The van der Waals surface area contributed by atoms with Gasteiger partial charge < -0.3 is 10.6 Å². The Morgan fingerprint density at radius 3 is 2.68 bits per heavy atom. The fourth-order valence-electron chi connectivity index (χ4n) is 2.55. The van der Waals surface area contributed by atoms with E-state index in [0.717, 1.165) is 19.4 Å². The first-order valence-electron chi connectivity index (χ1n) is 7.35. The van der Waals surface area contributed by atoms with Crippen molar-refractivity contribution < 1.29 is 9.59 Å². The number of pyridine rings is 1. The van der Waals surface area contributed by atoms with E-state index < -0.39 is 0 Å². The Morgan fingerprint density at radius 2 is 1.95 bits per heavy atom. The maximum absolute atomic E-state index is 12.5. The van der Waals surface area contributed by atoms with Gasteiger partial charge in [0.15, 0.2) is 0 Å². The number of para-hydroxylation sites is 1. The summed E-state index contributed by atoms with van der Waals surface area (Å²) in [6.07, 6.45) is 3.39. The molecule has 0 saturated carbocycles. The molecule has 112 valence electrons. The highest BCUT2D eigenvalue weighted by molar-refractivity contribution is 6.13. The third-order valence-corrected chi connectivity index (χ3v) is 3.70. The monoisotopic (exact) mass is 295 g/mol. The minimum absolute atomic E-state index is 0.0984. The lowest BCUT2D eigenvalue weighted by atomic mass is 10.0. The van der Waals surface area contributed by atoms with Gasteiger partial charge in [0.05, 0.1) is 11.7 Å². The number of nitrogens with zero attached hydrogens (tertiary/aromatic N) is 1. The van der Waals surface area contributed by atoms with E-state index in [0.29, 0.717) is 16.9 Å². The Bertz CT molecular complexity index is 679. The predicted octanol–water partition coefficient (Wildman–Crippen LogP) is 2.00. The molecule has 0 radical (unpaired) electrons. The zero-order chi connectivity index (χ0) is 15.4. The normalized spacial score (nSPS) is 17.2. The highest BCUT2D eigenvalue weighted by atomic mass is 16.2. The SMILES string of the molecule is O=C(c1ccccn1)c1ccccc1NC(=O)[C@@H]1CCCN1. The fourth-order valence-corrected chi connectivity index (χ4v) is 2.55. The smallest absolute Gasteiger partial charge is 0.241 e. The number of carbonyl (C=O) groups excluding carboxylic acids is 2. The van der Waals surface area contributed by atoms with Crippen LogP contribution in [-0.2, 0) is 4.79 Å². The highest BCUT2D eigenvalue weighted by Gasteiger charge is 2.23. The molecule has 1 atom stereocenters. The van der Waals surface area contributed by atoms with Crippen molar-refractivity contribution in [2.24, 2.45) is 0 Å². The van der Waals surface area contributed by atoms with Crippen molar-refractivity contribution in [2.75, 3.05) is 11.9 Å². The Labute approximate surface area is 128 Å². The van der Waals surface area contributed by atoms with Gasteiger partial charge >= 0.3 is 0 Å². The van der Waals surface area contributed by atoms with Crippen molar-refractivity contribution in [3.05, 3.63) is 59.9 Å². The van der Waals surface area contributed by atoms with Crippen LogP contribution >= 0.6 is 0 Å². The molecule has 1 saturated heterocycles. The molecule has 2 heterocycles. The van der Waals surface area contributed by atoms with Crippen LogP contribution < -0.4 is 10.6 Å². The van der Waals surface area contributed by atoms with Crippen molar-refractivity contribution in [1.29, 1.82) is 0 Å². The maximum atomic E-state index is 12.5. The van der Waals surface area contributed by atoms with Crippen molar-refractivity contribution in [3.63, 3.8) is 0 Å². The second-order valence-corrected chi connectivity index (χ2v) is 5.23. The van der Waals surface area contributed by atoms with Gasteiger partial charge in [-0.3, -0.25) is 14.6 Å². The van der Waals surface area contributed by atoms with Crippen LogP contribution in [0.5, 0.6) is 0 Å². The zero-order valence-corrected chi connectivity index (χ0v) is 12.1. The summed E-state index contributed by atoms with van der Waals surface area (Å²) in [5, 5.41) is 6.00. The van der Waals surface area contributed by atoms with E-state index in [2.05, 4.69) is 15.6 Å². The summed E-state index contributed by atoms with van der Waals surface area (Å²) in [6.45, 7) is 0.854. The fraction of sp³-hybridized carbons (Fsp3) is 0.235. The largest absolute Gasteiger partial charge is 0.324 e. The molecule has 1 amide bonds. The number of aromatic nitrogens is 1. The van der Waals surface area contributed by atoms with Crippen LogP contribution in [0.15, 0.2) is 48.7 Å². The molecule has 1 aliphatic heterocycles. The van der Waals surface area contributed by atoms with Gasteiger partial charge in [0.2, 0.25) is 11.7 Å². The lowest BCUT2D eigenvalue weighted by molar-refractivity contribution is -0.117. The van der Waals surface area contributed by atoms with Gasteiger partial charge in [0.1, 0.15) is 5.69 Å². The molecular weight excluding hydrogens is 278 g/mol. The first-order chi connectivity index (χ1) is 10.8. The van der Waals surface area contributed by atoms with Crippen molar-refractivity contribution in [1.82, 2.24) is 10.3 Å². The minimum atomic E-state index is -0.198. The Balaban J connectivity index is 1.83. The first kappa shape index (κ1) is 14.4. The molecule has 1 aromatic carbocycles. The molecule has 22 heavy (non-hydrogen) atoms. The second kappa shape index (κ2) is 6.49. The van der Waals surface area contributed by atoms with Crippen LogP contribution in [0.3, 0.4) is 0 Å². The molecule has 0 spiro atoms. The summed E-state index contributed by atoms with van der Waals surface area (Å²) in [5.74, 6) is -0.297. The van der Waals surface area contributed by atoms with Gasteiger partial charge in [-0.15, -0.1) is 0 Å². The Morgan fingerprint density at radius 1 is 1.14 bits per heavy atom. The van der Waals surface area contributed by atoms with E-state index in [-0.39, 0.29) is 17.7 Å². The molecule has 1 aliphatic rings. The zero-order valence-electron chi connectivity index (χ0n) is 12.1. The van der Waals surface area contributed by atoms with Gasteiger partial charge in [0, 0.05) is 11.8 Å². The summed E-state index contributed by atoms with van der Waals surface area (Å²) in [7, 11) is 0. The van der Waals surface area contributed by atoms with E-state index in [1.165, 1.54) is 0 Å². The molecule has 5 heteroatoms. The van der Waals surface area contributed by atoms with E-state index in [1.807, 2.05) is 0 Å². The Kier molecular flexibility index (Phi) is 4.25. The van der Waals surface area contributed by atoms with Crippen LogP contribution in [0.25, 0.3) is 0 Å². The van der Waals surface area contributed by atoms with E-state index in [9.17, 15) is 9.59 Å². The number of hydrogen-bond donors (Lipinski definition) is 2. The molecule has 2 aromatic rings. The molecule has 5 nitrogen and oxygen atoms in total. The summed E-state index contributed by atoms with van der Waals surface area (Å²) in [6, 6.07) is 12.0. The third kappa shape index (κ3) is 3.04. The standard InChI is InChI=1S/C17H17N3O2/c21-16(14-8-3-4-10-18-14)12-6-1-2-7-13(12)20-17(22)15-9-5-11-19-15/h1-4,6-8,10,15,19H,5,9,11H2,(H,20,22)/t15-/m0/s1. The molecule has 3 rings (SSSR count). The highest BCUT2D eigenvalue weighted by Crippen LogP contribution is 2.19. The van der Waals surface area contributed by atoms with Crippen molar-refractivity contribution >= 4 is 17.4 Å². The third-order valence-electron chi connectivity index (χ3n) is 3.70. The molecular formula is C17H17N3O2. The summed E-state index contributed by atoms with van der Waals surface area (Å²) in [4.78, 5) is 28.8.